The first kappa shape index (κ1) is 11.9. The van der Waals surface area contributed by atoms with Crippen LogP contribution in [-0.4, -0.2) is 11.1 Å². The van der Waals surface area contributed by atoms with Crippen LogP contribution in [0.2, 0.25) is 0 Å². The number of aryl methyl sites for hydroxylation is 1. The molecule has 0 aliphatic rings. The lowest BCUT2D eigenvalue weighted by molar-refractivity contribution is 0.0702. The van der Waals surface area contributed by atoms with Crippen LogP contribution in [0.4, 0.5) is 0 Å². The second kappa shape index (κ2) is 5.15. The number of thiophene rings is 1. The summed E-state index contributed by atoms with van der Waals surface area (Å²) in [6.45, 7) is 2.15. The van der Waals surface area contributed by atoms with E-state index in [1.54, 1.807) is 6.07 Å². The lowest BCUT2D eigenvalue weighted by Crippen LogP contribution is -1.89. The van der Waals surface area contributed by atoms with Crippen molar-refractivity contribution >= 4 is 17.3 Å². The minimum Gasteiger partial charge on any atom is -0.477 e. The van der Waals surface area contributed by atoms with E-state index in [9.17, 15) is 4.79 Å². The number of rotatable bonds is 4. The molecule has 0 saturated heterocycles. The smallest absolute Gasteiger partial charge is 0.345 e. The van der Waals surface area contributed by atoms with Crippen LogP contribution < -0.4 is 0 Å². The molecular formula is C14H14O2S. The lowest BCUT2D eigenvalue weighted by Gasteiger charge is -2.05. The predicted octanol–water partition coefficient (Wildman–Crippen LogP) is 4.07. The molecule has 0 aliphatic carbocycles. The van der Waals surface area contributed by atoms with Gasteiger partial charge in [0.1, 0.15) is 4.88 Å². The summed E-state index contributed by atoms with van der Waals surface area (Å²) in [6, 6.07) is 11.8. The average molecular weight is 246 g/mol. The molecule has 0 amide bonds. The van der Waals surface area contributed by atoms with E-state index in [0.29, 0.717) is 4.88 Å². The molecule has 0 fully saturated rings. The average Bonchev–Trinajstić information content (AvgIpc) is 2.79. The molecular weight excluding hydrogens is 232 g/mol. The van der Waals surface area contributed by atoms with Crippen LogP contribution >= 0.6 is 11.3 Å². The lowest BCUT2D eigenvalue weighted by atomic mass is 10.0. The van der Waals surface area contributed by atoms with Gasteiger partial charge >= 0.3 is 5.97 Å². The topological polar surface area (TPSA) is 37.3 Å². The zero-order valence-corrected chi connectivity index (χ0v) is 10.5. The van der Waals surface area contributed by atoms with E-state index in [1.165, 1.54) is 16.9 Å². The molecule has 0 spiro atoms. The Morgan fingerprint density at radius 3 is 2.65 bits per heavy atom. The fraction of sp³-hybridized carbons (Fsp3) is 0.214. The van der Waals surface area contributed by atoms with E-state index < -0.39 is 5.97 Å². The number of aromatic carboxylic acids is 1. The molecule has 1 heterocycles. The quantitative estimate of drug-likeness (QED) is 0.883. The van der Waals surface area contributed by atoms with Gasteiger partial charge in [-0.05, 0) is 29.7 Å². The Balaban J connectivity index is 2.41. The van der Waals surface area contributed by atoms with Crippen molar-refractivity contribution in [2.45, 2.75) is 19.8 Å². The number of benzene rings is 1. The highest BCUT2D eigenvalue weighted by Crippen LogP contribution is 2.31. The first-order chi connectivity index (χ1) is 8.22. The van der Waals surface area contributed by atoms with Crippen LogP contribution in [0.3, 0.4) is 0 Å². The molecule has 3 heteroatoms. The van der Waals surface area contributed by atoms with Crippen molar-refractivity contribution in [2.75, 3.05) is 0 Å². The van der Waals surface area contributed by atoms with Gasteiger partial charge in [-0.15, -0.1) is 11.3 Å². The van der Waals surface area contributed by atoms with Crippen molar-refractivity contribution in [3.8, 4) is 10.4 Å². The molecule has 0 radical (unpaired) electrons. The van der Waals surface area contributed by atoms with Crippen molar-refractivity contribution < 1.29 is 9.90 Å². The van der Waals surface area contributed by atoms with E-state index >= 15 is 0 Å². The van der Waals surface area contributed by atoms with Crippen molar-refractivity contribution in [3.05, 3.63) is 46.8 Å². The van der Waals surface area contributed by atoms with Crippen LogP contribution in [0.15, 0.2) is 36.4 Å². The summed E-state index contributed by atoms with van der Waals surface area (Å²) in [7, 11) is 0. The zero-order valence-electron chi connectivity index (χ0n) is 9.64. The third-order valence-electron chi connectivity index (χ3n) is 2.62. The predicted molar refractivity (Wildman–Crippen MR) is 70.7 cm³/mol. The van der Waals surface area contributed by atoms with Gasteiger partial charge in [0.15, 0.2) is 0 Å². The van der Waals surface area contributed by atoms with Crippen molar-refractivity contribution in [2.24, 2.45) is 0 Å². The van der Waals surface area contributed by atoms with Gasteiger partial charge in [0.2, 0.25) is 0 Å². The van der Waals surface area contributed by atoms with Crippen molar-refractivity contribution in [1.82, 2.24) is 0 Å². The maximum Gasteiger partial charge on any atom is 0.345 e. The monoisotopic (exact) mass is 246 g/mol. The fourth-order valence-corrected chi connectivity index (χ4v) is 2.75. The second-order valence-electron chi connectivity index (χ2n) is 3.88. The largest absolute Gasteiger partial charge is 0.477 e. The number of hydrogen-bond donors (Lipinski definition) is 1. The van der Waals surface area contributed by atoms with Crippen LogP contribution in [0.5, 0.6) is 0 Å². The number of carboxylic acid groups (broad SMARTS) is 1. The summed E-state index contributed by atoms with van der Waals surface area (Å²) in [6.07, 6.45) is 2.12. The van der Waals surface area contributed by atoms with Gasteiger partial charge in [-0.25, -0.2) is 4.79 Å². The van der Waals surface area contributed by atoms with Crippen LogP contribution in [0.1, 0.15) is 28.6 Å². The Morgan fingerprint density at radius 1 is 1.24 bits per heavy atom. The van der Waals surface area contributed by atoms with Crippen LogP contribution in [0.25, 0.3) is 10.4 Å². The molecule has 0 unspecified atom stereocenters. The number of hydrogen-bond acceptors (Lipinski definition) is 2. The van der Waals surface area contributed by atoms with Gasteiger partial charge in [0.05, 0.1) is 0 Å². The number of carbonyl (C=O) groups is 1. The molecule has 88 valence electrons. The Labute approximate surface area is 105 Å². The first-order valence-electron chi connectivity index (χ1n) is 5.63. The molecule has 0 saturated carbocycles. The van der Waals surface area contributed by atoms with Crippen molar-refractivity contribution in [1.29, 1.82) is 0 Å². The maximum absolute atomic E-state index is 10.9. The maximum atomic E-state index is 10.9. The molecule has 1 aromatic heterocycles. The minimum absolute atomic E-state index is 0.395. The van der Waals surface area contributed by atoms with Gasteiger partial charge in [-0.3, -0.25) is 0 Å². The van der Waals surface area contributed by atoms with Gasteiger partial charge in [0.25, 0.3) is 0 Å². The Bertz CT molecular complexity index is 529. The Morgan fingerprint density at radius 2 is 2.00 bits per heavy atom. The van der Waals surface area contributed by atoms with Gasteiger partial charge in [0, 0.05) is 4.88 Å². The molecule has 0 aliphatic heterocycles. The Hall–Kier alpha value is -1.61. The third kappa shape index (κ3) is 2.56. The SMILES string of the molecule is CCCc1ccccc1-c1ccc(C(=O)O)s1. The van der Waals surface area contributed by atoms with Gasteiger partial charge in [-0.1, -0.05) is 37.6 Å². The van der Waals surface area contributed by atoms with E-state index in [1.807, 2.05) is 18.2 Å². The fourth-order valence-electron chi connectivity index (χ4n) is 1.85. The minimum atomic E-state index is -0.853. The highest BCUT2D eigenvalue weighted by atomic mass is 32.1. The summed E-state index contributed by atoms with van der Waals surface area (Å²) < 4.78 is 0. The normalized spacial score (nSPS) is 10.4. The summed E-state index contributed by atoms with van der Waals surface area (Å²) in [5.41, 5.74) is 2.45. The molecule has 2 rings (SSSR count). The highest BCUT2D eigenvalue weighted by molar-refractivity contribution is 7.17. The van der Waals surface area contributed by atoms with Crippen LogP contribution in [-0.2, 0) is 6.42 Å². The molecule has 17 heavy (non-hydrogen) atoms. The van der Waals surface area contributed by atoms with E-state index in [2.05, 4.69) is 19.1 Å². The molecule has 0 atom stereocenters. The third-order valence-corrected chi connectivity index (χ3v) is 3.73. The standard InChI is InChI=1S/C14H14O2S/c1-2-5-10-6-3-4-7-11(10)12-8-9-13(17-12)14(15)16/h3-4,6-9H,2,5H2,1H3,(H,15,16). The highest BCUT2D eigenvalue weighted by Gasteiger charge is 2.10. The molecule has 2 nitrogen and oxygen atoms in total. The summed E-state index contributed by atoms with van der Waals surface area (Å²) in [4.78, 5) is 12.3. The zero-order chi connectivity index (χ0) is 12.3. The molecule has 1 N–H and O–H groups in total. The van der Waals surface area contributed by atoms with Crippen molar-refractivity contribution in [3.63, 3.8) is 0 Å². The first-order valence-corrected chi connectivity index (χ1v) is 6.45. The van der Waals surface area contributed by atoms with E-state index in [-0.39, 0.29) is 0 Å². The van der Waals surface area contributed by atoms with E-state index in [4.69, 9.17) is 5.11 Å². The molecule has 0 bridgehead atoms. The van der Waals surface area contributed by atoms with Crippen LogP contribution in [0, 0.1) is 0 Å². The molecule has 1 aromatic carbocycles. The van der Waals surface area contributed by atoms with Gasteiger partial charge < -0.3 is 5.11 Å². The summed E-state index contributed by atoms with van der Waals surface area (Å²) in [5.74, 6) is -0.853. The summed E-state index contributed by atoms with van der Waals surface area (Å²) in [5, 5.41) is 8.93. The molecule has 2 aromatic rings. The Kier molecular flexibility index (Phi) is 3.59. The second-order valence-corrected chi connectivity index (χ2v) is 4.96. The van der Waals surface area contributed by atoms with E-state index in [0.717, 1.165) is 23.3 Å². The number of carboxylic acids is 1. The summed E-state index contributed by atoms with van der Waals surface area (Å²) >= 11 is 1.33. The van der Waals surface area contributed by atoms with Gasteiger partial charge in [-0.2, -0.15) is 0 Å².